The normalized spacial score (nSPS) is 20.8. The number of likely N-dealkylation sites (tertiary alicyclic amines) is 1. The van der Waals surface area contributed by atoms with Crippen LogP contribution in [0.5, 0.6) is 0 Å². The lowest BCUT2D eigenvalue weighted by Gasteiger charge is -2.15. The fourth-order valence-electron chi connectivity index (χ4n) is 1.78. The van der Waals surface area contributed by atoms with Gasteiger partial charge in [-0.15, -0.1) is 12.4 Å². The molecule has 1 atom stereocenters. The Hall–Kier alpha value is 0.320. The largest absolute Gasteiger partial charge is 0.326 e. The molecule has 0 saturated carbocycles. The molecule has 1 fully saturated rings. The highest BCUT2D eigenvalue weighted by Gasteiger charge is 2.19. The molecule has 1 aromatic rings. The minimum atomic E-state index is 0. The second-order valence-corrected chi connectivity index (χ2v) is 5.64. The minimum absolute atomic E-state index is 0. The molecule has 90 valence electrons. The van der Waals surface area contributed by atoms with E-state index in [9.17, 15) is 0 Å². The molecule has 2 N–H and O–H groups in total. The SMILES string of the molecule is Cl.N[C@H]1CCN(Cc2ncc(Br)cc2Br)C1. The van der Waals surface area contributed by atoms with Gasteiger partial charge in [-0.05, 0) is 44.3 Å². The maximum absolute atomic E-state index is 5.86. The fourth-order valence-corrected chi connectivity index (χ4v) is 2.89. The van der Waals surface area contributed by atoms with E-state index in [4.69, 9.17) is 5.73 Å². The Morgan fingerprint density at radius 2 is 2.25 bits per heavy atom. The minimum Gasteiger partial charge on any atom is -0.326 e. The van der Waals surface area contributed by atoms with E-state index in [2.05, 4.69) is 41.7 Å². The molecule has 16 heavy (non-hydrogen) atoms. The predicted octanol–water partition coefficient (Wildman–Crippen LogP) is 2.56. The third-order valence-corrected chi connectivity index (χ3v) is 3.69. The third kappa shape index (κ3) is 3.67. The summed E-state index contributed by atoms with van der Waals surface area (Å²) in [4.78, 5) is 6.73. The average molecular weight is 372 g/mol. The van der Waals surface area contributed by atoms with Crippen LogP contribution in [-0.2, 0) is 6.54 Å². The van der Waals surface area contributed by atoms with Crippen LogP contribution in [0.25, 0.3) is 0 Å². The van der Waals surface area contributed by atoms with E-state index in [1.165, 1.54) is 0 Å². The predicted molar refractivity (Wildman–Crippen MR) is 74.8 cm³/mol. The number of nitrogens with zero attached hydrogens (tertiary/aromatic N) is 2. The Bertz CT molecular complexity index is 362. The molecule has 2 rings (SSSR count). The van der Waals surface area contributed by atoms with E-state index in [1.807, 2.05) is 12.3 Å². The molecule has 0 unspecified atom stereocenters. The lowest BCUT2D eigenvalue weighted by atomic mass is 10.3. The summed E-state index contributed by atoms with van der Waals surface area (Å²) in [5.41, 5.74) is 6.94. The summed E-state index contributed by atoms with van der Waals surface area (Å²) in [6.45, 7) is 2.93. The van der Waals surface area contributed by atoms with E-state index < -0.39 is 0 Å². The molecule has 1 aromatic heterocycles. The summed E-state index contributed by atoms with van der Waals surface area (Å²) in [5.74, 6) is 0. The van der Waals surface area contributed by atoms with Crippen LogP contribution in [0.4, 0.5) is 0 Å². The molecule has 1 aliphatic heterocycles. The lowest BCUT2D eigenvalue weighted by molar-refractivity contribution is 0.322. The van der Waals surface area contributed by atoms with Crippen molar-refractivity contribution >= 4 is 44.3 Å². The first-order chi connectivity index (χ1) is 7.15. The fraction of sp³-hybridized carbons (Fsp3) is 0.500. The Morgan fingerprint density at radius 1 is 1.50 bits per heavy atom. The first-order valence-corrected chi connectivity index (χ1v) is 6.51. The number of hydrogen-bond acceptors (Lipinski definition) is 3. The summed E-state index contributed by atoms with van der Waals surface area (Å²) in [7, 11) is 0. The van der Waals surface area contributed by atoms with Gasteiger partial charge < -0.3 is 5.73 Å². The Kier molecular flexibility index (Phi) is 5.67. The molecule has 0 amide bonds. The maximum atomic E-state index is 5.86. The van der Waals surface area contributed by atoms with Gasteiger partial charge >= 0.3 is 0 Å². The number of aromatic nitrogens is 1. The number of pyridine rings is 1. The van der Waals surface area contributed by atoms with Gasteiger partial charge in [-0.25, -0.2) is 0 Å². The standard InChI is InChI=1S/C10H13Br2N3.ClH/c11-7-3-9(12)10(14-4-7)6-15-2-1-8(13)5-15;/h3-4,8H,1-2,5-6,13H2;1H/t8-;/m0./s1. The molecule has 1 saturated heterocycles. The van der Waals surface area contributed by atoms with Crippen LogP contribution >= 0.6 is 44.3 Å². The van der Waals surface area contributed by atoms with Gasteiger partial charge in [0, 0.05) is 40.8 Å². The first-order valence-electron chi connectivity index (χ1n) is 4.93. The summed E-state index contributed by atoms with van der Waals surface area (Å²) in [6.07, 6.45) is 2.92. The van der Waals surface area contributed by atoms with Crippen molar-refractivity contribution in [1.82, 2.24) is 9.88 Å². The zero-order valence-corrected chi connectivity index (χ0v) is 12.7. The topological polar surface area (TPSA) is 42.1 Å². The van der Waals surface area contributed by atoms with Crippen molar-refractivity contribution in [1.29, 1.82) is 0 Å². The van der Waals surface area contributed by atoms with E-state index >= 15 is 0 Å². The van der Waals surface area contributed by atoms with Gasteiger partial charge in [-0.3, -0.25) is 9.88 Å². The van der Waals surface area contributed by atoms with Crippen LogP contribution in [0.1, 0.15) is 12.1 Å². The first kappa shape index (κ1) is 14.4. The molecule has 0 spiro atoms. The van der Waals surface area contributed by atoms with E-state index in [0.717, 1.165) is 40.7 Å². The van der Waals surface area contributed by atoms with Gasteiger partial charge in [-0.1, -0.05) is 0 Å². The highest BCUT2D eigenvalue weighted by Crippen LogP contribution is 2.21. The molecule has 0 bridgehead atoms. The highest BCUT2D eigenvalue weighted by atomic mass is 79.9. The Morgan fingerprint density at radius 3 is 2.81 bits per heavy atom. The quantitative estimate of drug-likeness (QED) is 0.869. The van der Waals surface area contributed by atoms with Crippen LogP contribution < -0.4 is 5.73 Å². The smallest absolute Gasteiger partial charge is 0.0686 e. The molecule has 2 heterocycles. The molecular formula is C10H14Br2ClN3. The van der Waals surface area contributed by atoms with Gasteiger partial charge in [0.05, 0.1) is 5.69 Å². The summed E-state index contributed by atoms with van der Waals surface area (Å²) < 4.78 is 2.05. The van der Waals surface area contributed by atoms with E-state index in [-0.39, 0.29) is 12.4 Å². The molecule has 1 aliphatic rings. The van der Waals surface area contributed by atoms with Crippen molar-refractivity contribution < 1.29 is 0 Å². The number of hydrogen-bond donors (Lipinski definition) is 1. The lowest BCUT2D eigenvalue weighted by Crippen LogP contribution is -2.26. The number of halogens is 3. The van der Waals surface area contributed by atoms with Crippen LogP contribution in [0, 0.1) is 0 Å². The van der Waals surface area contributed by atoms with Gasteiger partial charge in [0.15, 0.2) is 0 Å². The van der Waals surface area contributed by atoms with Crippen molar-refractivity contribution in [3.63, 3.8) is 0 Å². The van der Waals surface area contributed by atoms with Crippen molar-refractivity contribution in [2.24, 2.45) is 5.73 Å². The van der Waals surface area contributed by atoms with Crippen molar-refractivity contribution in [2.75, 3.05) is 13.1 Å². The van der Waals surface area contributed by atoms with Crippen LogP contribution in [0.2, 0.25) is 0 Å². The zero-order chi connectivity index (χ0) is 10.8. The molecule has 0 aromatic carbocycles. The maximum Gasteiger partial charge on any atom is 0.0686 e. The second-order valence-electron chi connectivity index (χ2n) is 3.87. The third-order valence-electron chi connectivity index (χ3n) is 2.57. The Labute approximate surface area is 118 Å². The zero-order valence-electron chi connectivity index (χ0n) is 8.70. The van der Waals surface area contributed by atoms with Crippen molar-refractivity contribution in [2.45, 2.75) is 19.0 Å². The Balaban J connectivity index is 0.00000128. The number of rotatable bonds is 2. The van der Waals surface area contributed by atoms with Crippen LogP contribution in [-0.4, -0.2) is 29.0 Å². The van der Waals surface area contributed by atoms with Gasteiger partial charge in [0.25, 0.3) is 0 Å². The second kappa shape index (κ2) is 6.31. The van der Waals surface area contributed by atoms with Crippen LogP contribution in [0.3, 0.4) is 0 Å². The molecule has 6 heteroatoms. The van der Waals surface area contributed by atoms with Gasteiger partial charge in [0.2, 0.25) is 0 Å². The van der Waals surface area contributed by atoms with Crippen molar-refractivity contribution in [3.8, 4) is 0 Å². The molecule has 3 nitrogen and oxygen atoms in total. The summed E-state index contributed by atoms with van der Waals surface area (Å²) in [6, 6.07) is 2.36. The van der Waals surface area contributed by atoms with Gasteiger partial charge in [-0.2, -0.15) is 0 Å². The molecule has 0 aliphatic carbocycles. The van der Waals surface area contributed by atoms with Gasteiger partial charge in [0.1, 0.15) is 0 Å². The summed E-state index contributed by atoms with van der Waals surface area (Å²) in [5, 5.41) is 0. The summed E-state index contributed by atoms with van der Waals surface area (Å²) >= 11 is 6.91. The van der Waals surface area contributed by atoms with E-state index in [0.29, 0.717) is 6.04 Å². The molecule has 0 radical (unpaired) electrons. The van der Waals surface area contributed by atoms with E-state index in [1.54, 1.807) is 0 Å². The van der Waals surface area contributed by atoms with Crippen LogP contribution in [0.15, 0.2) is 21.2 Å². The average Bonchev–Trinajstić information content (AvgIpc) is 2.56. The monoisotopic (exact) mass is 369 g/mol. The number of nitrogens with two attached hydrogens (primary N) is 1. The highest BCUT2D eigenvalue weighted by molar-refractivity contribution is 9.11. The molecular weight excluding hydrogens is 357 g/mol. The van der Waals surface area contributed by atoms with Crippen molar-refractivity contribution in [3.05, 3.63) is 26.9 Å².